The van der Waals surface area contributed by atoms with Gasteiger partial charge in [0.2, 0.25) is 0 Å². The van der Waals surface area contributed by atoms with Crippen molar-refractivity contribution in [2.24, 2.45) is 0 Å². The number of hydrogen-bond donors (Lipinski definition) is 0. The van der Waals surface area contributed by atoms with Crippen LogP contribution >= 0.6 is 12.4 Å². The van der Waals surface area contributed by atoms with E-state index in [0.29, 0.717) is 30.0 Å². The lowest BCUT2D eigenvalue weighted by atomic mass is 10.0. The van der Waals surface area contributed by atoms with Crippen molar-refractivity contribution >= 4 is 28.0 Å². The Labute approximate surface area is 215 Å². The van der Waals surface area contributed by atoms with Gasteiger partial charge in [0.05, 0.1) is 12.3 Å². The highest BCUT2D eigenvalue weighted by molar-refractivity contribution is 7.89. The van der Waals surface area contributed by atoms with Gasteiger partial charge in [-0.2, -0.15) is 0 Å². The number of ether oxygens (including phenoxy) is 1. The lowest BCUT2D eigenvalue weighted by Gasteiger charge is -2.35. The van der Waals surface area contributed by atoms with Crippen molar-refractivity contribution in [2.45, 2.75) is 45.2 Å². The van der Waals surface area contributed by atoms with Crippen LogP contribution in [-0.2, 0) is 28.7 Å². The molecular formula is C28H34ClNO4S. The zero-order valence-electron chi connectivity index (χ0n) is 20.7. The van der Waals surface area contributed by atoms with Gasteiger partial charge in [-0.3, -0.25) is 9.69 Å². The highest BCUT2D eigenvalue weighted by atomic mass is 35.5. The Morgan fingerprint density at radius 3 is 2.06 bits per heavy atom. The molecule has 7 heteroatoms. The number of nitrogens with zero attached hydrogens (tertiary/aromatic N) is 1. The number of ketones is 1. The molecule has 0 amide bonds. The second kappa shape index (κ2) is 12.3. The maximum Gasteiger partial charge on any atom is 0.176 e. The highest BCUT2D eigenvalue weighted by Gasteiger charge is 2.25. The number of carbonyl (C=O) groups is 1. The molecule has 3 rings (SSSR count). The molecule has 0 aliphatic rings. The summed E-state index contributed by atoms with van der Waals surface area (Å²) in [5.41, 5.74) is 2.99. The summed E-state index contributed by atoms with van der Waals surface area (Å²) >= 11 is 0. The molecule has 0 unspecified atom stereocenters. The Balaban J connectivity index is 0.00000432. The summed E-state index contributed by atoms with van der Waals surface area (Å²) in [4.78, 5) is 15.0. The molecule has 0 N–H and O–H groups in total. The molecule has 3 aromatic rings. The van der Waals surface area contributed by atoms with Crippen LogP contribution in [0.2, 0.25) is 0 Å². The van der Waals surface area contributed by atoms with Crippen LogP contribution in [0.3, 0.4) is 0 Å². The molecule has 0 saturated heterocycles. The molecule has 0 heterocycles. The van der Waals surface area contributed by atoms with Gasteiger partial charge >= 0.3 is 0 Å². The molecule has 0 spiro atoms. The molecule has 0 aromatic heterocycles. The third-order valence-electron chi connectivity index (χ3n) is 5.53. The van der Waals surface area contributed by atoms with E-state index in [1.54, 1.807) is 0 Å². The van der Waals surface area contributed by atoms with Crippen LogP contribution in [0.1, 0.15) is 47.8 Å². The van der Waals surface area contributed by atoms with Crippen LogP contribution in [-0.4, -0.2) is 37.4 Å². The predicted octanol–water partition coefficient (Wildman–Crippen LogP) is 5.72. The molecule has 3 aromatic carbocycles. The van der Waals surface area contributed by atoms with Gasteiger partial charge in [0.25, 0.3) is 0 Å². The molecule has 35 heavy (non-hydrogen) atoms. The van der Waals surface area contributed by atoms with E-state index >= 15 is 0 Å². The monoisotopic (exact) mass is 515 g/mol. The van der Waals surface area contributed by atoms with Crippen molar-refractivity contribution in [3.05, 3.63) is 101 Å². The fourth-order valence-corrected chi connectivity index (χ4v) is 4.43. The summed E-state index contributed by atoms with van der Waals surface area (Å²) in [5, 5.41) is 0. The van der Waals surface area contributed by atoms with Crippen molar-refractivity contribution in [3.8, 4) is 5.75 Å². The number of rotatable bonds is 10. The van der Waals surface area contributed by atoms with Crippen molar-refractivity contribution in [2.75, 3.05) is 12.8 Å². The molecule has 0 aliphatic carbocycles. The Kier molecular flexibility index (Phi) is 10.1. The molecule has 0 bridgehead atoms. The van der Waals surface area contributed by atoms with E-state index in [9.17, 15) is 13.2 Å². The number of halogens is 1. The summed E-state index contributed by atoms with van der Waals surface area (Å²) in [6, 6.07) is 24.7. The first-order valence-electron chi connectivity index (χ1n) is 11.3. The quantitative estimate of drug-likeness (QED) is 0.323. The molecule has 0 aliphatic heterocycles. The molecule has 0 fully saturated rings. The van der Waals surface area contributed by atoms with Crippen LogP contribution in [0, 0.1) is 0 Å². The van der Waals surface area contributed by atoms with Gasteiger partial charge in [0.15, 0.2) is 15.6 Å². The van der Waals surface area contributed by atoms with Crippen molar-refractivity contribution in [1.29, 1.82) is 0 Å². The summed E-state index contributed by atoms with van der Waals surface area (Å²) in [6.45, 7) is 7.34. The Hall–Kier alpha value is -2.67. The third-order valence-corrected chi connectivity index (χ3v) is 6.37. The van der Waals surface area contributed by atoms with Gasteiger partial charge < -0.3 is 4.74 Å². The van der Waals surface area contributed by atoms with Gasteiger partial charge in [-0.25, -0.2) is 8.42 Å². The maximum absolute atomic E-state index is 12.9. The molecular weight excluding hydrogens is 482 g/mol. The van der Waals surface area contributed by atoms with Gasteiger partial charge in [0.1, 0.15) is 12.4 Å². The number of hydrogen-bond acceptors (Lipinski definition) is 5. The molecule has 188 valence electrons. The Morgan fingerprint density at radius 2 is 1.49 bits per heavy atom. The van der Waals surface area contributed by atoms with Gasteiger partial charge in [-0.05, 0) is 44.0 Å². The normalized spacial score (nSPS) is 11.7. The van der Waals surface area contributed by atoms with Gasteiger partial charge in [-0.15, -0.1) is 12.4 Å². The number of Topliss-reactive ketones (excluding diaryl/α,β-unsaturated/α-hetero) is 1. The highest BCUT2D eigenvalue weighted by Crippen LogP contribution is 2.26. The lowest BCUT2D eigenvalue weighted by molar-refractivity contribution is 0.0793. The summed E-state index contributed by atoms with van der Waals surface area (Å²) in [6.07, 6.45) is 1.22. The minimum absolute atomic E-state index is 0. The van der Waals surface area contributed by atoms with Crippen LogP contribution in [0.5, 0.6) is 5.75 Å². The zero-order valence-corrected chi connectivity index (χ0v) is 22.4. The van der Waals surface area contributed by atoms with Crippen LogP contribution in [0.25, 0.3) is 0 Å². The molecule has 0 atom stereocenters. The average Bonchev–Trinajstić information content (AvgIpc) is 2.77. The molecule has 5 nitrogen and oxygen atoms in total. The maximum atomic E-state index is 12.9. The Morgan fingerprint density at radius 1 is 0.886 bits per heavy atom. The fourth-order valence-electron chi connectivity index (χ4n) is 3.64. The minimum atomic E-state index is -3.26. The molecule has 0 radical (unpaired) electrons. The third kappa shape index (κ3) is 9.13. The van der Waals surface area contributed by atoms with Crippen LogP contribution in [0.4, 0.5) is 0 Å². The van der Waals surface area contributed by atoms with Crippen molar-refractivity contribution in [3.63, 3.8) is 0 Å². The Bertz CT molecular complexity index is 1210. The second-order valence-corrected chi connectivity index (χ2v) is 11.7. The van der Waals surface area contributed by atoms with E-state index in [1.807, 2.05) is 78.9 Å². The van der Waals surface area contributed by atoms with E-state index in [4.69, 9.17) is 4.74 Å². The first-order chi connectivity index (χ1) is 16.0. The smallest absolute Gasteiger partial charge is 0.176 e. The first kappa shape index (κ1) is 28.6. The van der Waals surface area contributed by atoms with E-state index in [1.165, 1.54) is 6.26 Å². The summed E-state index contributed by atoms with van der Waals surface area (Å²) in [5.74, 6) is 0.499. The van der Waals surface area contributed by atoms with Gasteiger partial charge in [-0.1, -0.05) is 66.7 Å². The van der Waals surface area contributed by atoms with E-state index < -0.39 is 9.84 Å². The summed E-state index contributed by atoms with van der Waals surface area (Å²) < 4.78 is 30.2. The van der Waals surface area contributed by atoms with Crippen LogP contribution < -0.4 is 4.74 Å². The van der Waals surface area contributed by atoms with Crippen molar-refractivity contribution in [1.82, 2.24) is 4.90 Å². The number of carbonyl (C=O) groups excluding carboxylic acids is 1. The second-order valence-electron chi connectivity index (χ2n) is 9.60. The zero-order chi connectivity index (χ0) is 24.8. The van der Waals surface area contributed by atoms with Gasteiger partial charge in [0, 0.05) is 29.5 Å². The average molecular weight is 516 g/mol. The fraction of sp³-hybridized carbons (Fsp3) is 0.321. The number of benzene rings is 3. The van der Waals surface area contributed by atoms with E-state index in [-0.39, 0.29) is 36.0 Å². The van der Waals surface area contributed by atoms with Crippen molar-refractivity contribution < 1.29 is 17.9 Å². The minimum Gasteiger partial charge on any atom is -0.489 e. The summed E-state index contributed by atoms with van der Waals surface area (Å²) in [7, 11) is -3.26. The topological polar surface area (TPSA) is 63.7 Å². The lowest BCUT2D eigenvalue weighted by Crippen LogP contribution is -2.43. The standard InChI is InChI=1S/C28H33NO4S.ClH/c1-28(2,3)29(19-26(30)24-13-9-6-10-14-24)18-23-15-16-27(25(17-23)21-34(4,31)32)33-20-22-11-7-5-8-12-22;/h5-17H,18-21H2,1-4H3;1H. The van der Waals surface area contributed by atoms with E-state index in [0.717, 1.165) is 11.1 Å². The SMILES string of the molecule is CC(C)(C)N(CC(=O)c1ccccc1)Cc1ccc(OCc2ccccc2)c(CS(C)(=O)=O)c1.Cl. The number of sulfone groups is 1. The van der Waals surface area contributed by atoms with Crippen LogP contribution in [0.15, 0.2) is 78.9 Å². The predicted molar refractivity (Wildman–Crippen MR) is 144 cm³/mol. The first-order valence-corrected chi connectivity index (χ1v) is 13.4. The largest absolute Gasteiger partial charge is 0.489 e. The van der Waals surface area contributed by atoms with E-state index in [2.05, 4.69) is 25.7 Å². The molecule has 0 saturated carbocycles.